The number of aryl methyl sites for hydroxylation is 1. The maximum atomic E-state index is 13.0. The second-order valence-corrected chi connectivity index (χ2v) is 3.73. The fourth-order valence-corrected chi connectivity index (χ4v) is 2.03. The van der Waals surface area contributed by atoms with Crippen LogP contribution in [0, 0.1) is 5.82 Å². The Morgan fingerprint density at radius 1 is 1.36 bits per heavy atom. The van der Waals surface area contributed by atoms with Gasteiger partial charge in [0.1, 0.15) is 5.82 Å². The SMILES string of the molecule is CC1=C(CN)CCc2ccc(F)cc21. The highest BCUT2D eigenvalue weighted by atomic mass is 19.1. The van der Waals surface area contributed by atoms with Crippen LogP contribution in [0.1, 0.15) is 24.5 Å². The normalized spacial score (nSPS) is 15.6. The quantitative estimate of drug-likeness (QED) is 0.725. The molecule has 1 aromatic carbocycles. The maximum Gasteiger partial charge on any atom is 0.123 e. The second-order valence-electron chi connectivity index (χ2n) is 3.73. The van der Waals surface area contributed by atoms with Crippen LogP contribution in [0.25, 0.3) is 5.57 Å². The van der Waals surface area contributed by atoms with E-state index in [0.29, 0.717) is 6.54 Å². The lowest BCUT2D eigenvalue weighted by Crippen LogP contribution is -2.11. The number of halogens is 1. The van der Waals surface area contributed by atoms with Crippen LogP contribution in [-0.2, 0) is 6.42 Å². The molecule has 1 nitrogen and oxygen atoms in total. The average molecular weight is 191 g/mol. The van der Waals surface area contributed by atoms with Gasteiger partial charge >= 0.3 is 0 Å². The molecule has 1 aliphatic carbocycles. The Bertz CT molecular complexity index is 393. The molecule has 0 fully saturated rings. The number of hydrogen-bond donors (Lipinski definition) is 1. The maximum absolute atomic E-state index is 13.0. The van der Waals surface area contributed by atoms with Crippen LogP contribution in [0.4, 0.5) is 4.39 Å². The molecule has 74 valence electrons. The van der Waals surface area contributed by atoms with Gasteiger partial charge in [-0.3, -0.25) is 0 Å². The van der Waals surface area contributed by atoms with Gasteiger partial charge in [0.05, 0.1) is 0 Å². The monoisotopic (exact) mass is 191 g/mol. The molecule has 0 radical (unpaired) electrons. The van der Waals surface area contributed by atoms with Crippen molar-refractivity contribution in [1.82, 2.24) is 0 Å². The summed E-state index contributed by atoms with van der Waals surface area (Å²) >= 11 is 0. The molecule has 0 aliphatic heterocycles. The summed E-state index contributed by atoms with van der Waals surface area (Å²) in [6.45, 7) is 2.61. The van der Waals surface area contributed by atoms with E-state index < -0.39 is 0 Å². The second kappa shape index (κ2) is 3.54. The Labute approximate surface area is 83.4 Å². The molecule has 0 amide bonds. The third kappa shape index (κ3) is 1.46. The number of benzene rings is 1. The Kier molecular flexibility index (Phi) is 2.38. The number of fused-ring (bicyclic) bond motifs is 1. The van der Waals surface area contributed by atoms with Crippen LogP contribution in [-0.4, -0.2) is 6.54 Å². The molecular formula is C12H14FN. The zero-order valence-electron chi connectivity index (χ0n) is 8.31. The number of rotatable bonds is 1. The highest BCUT2D eigenvalue weighted by molar-refractivity contribution is 5.71. The van der Waals surface area contributed by atoms with Crippen molar-refractivity contribution in [3.05, 3.63) is 40.7 Å². The lowest BCUT2D eigenvalue weighted by Gasteiger charge is -2.20. The zero-order valence-corrected chi connectivity index (χ0v) is 8.31. The van der Waals surface area contributed by atoms with Gasteiger partial charge in [-0.15, -0.1) is 0 Å². The van der Waals surface area contributed by atoms with Crippen molar-refractivity contribution < 1.29 is 4.39 Å². The van der Waals surface area contributed by atoms with Gasteiger partial charge in [0.25, 0.3) is 0 Å². The average Bonchev–Trinajstić information content (AvgIpc) is 2.20. The van der Waals surface area contributed by atoms with Crippen LogP contribution in [0.15, 0.2) is 23.8 Å². The summed E-state index contributed by atoms with van der Waals surface area (Å²) < 4.78 is 13.0. The molecule has 0 saturated carbocycles. The lowest BCUT2D eigenvalue weighted by molar-refractivity contribution is 0.625. The Morgan fingerprint density at radius 3 is 2.86 bits per heavy atom. The van der Waals surface area contributed by atoms with Gasteiger partial charge in [-0.1, -0.05) is 11.6 Å². The summed E-state index contributed by atoms with van der Waals surface area (Å²) in [6.07, 6.45) is 2.00. The van der Waals surface area contributed by atoms with Crippen molar-refractivity contribution in [3.8, 4) is 0 Å². The molecule has 0 aromatic heterocycles. The molecule has 14 heavy (non-hydrogen) atoms. The molecule has 2 N–H and O–H groups in total. The van der Waals surface area contributed by atoms with E-state index >= 15 is 0 Å². The first-order valence-corrected chi connectivity index (χ1v) is 4.90. The molecule has 1 aromatic rings. The van der Waals surface area contributed by atoms with Crippen molar-refractivity contribution in [1.29, 1.82) is 0 Å². The van der Waals surface area contributed by atoms with Gasteiger partial charge in [-0.2, -0.15) is 0 Å². The van der Waals surface area contributed by atoms with Gasteiger partial charge in [0.2, 0.25) is 0 Å². The first-order valence-electron chi connectivity index (χ1n) is 4.90. The standard InChI is InChI=1S/C12H14FN/c1-8-10(7-14)3-2-9-4-5-11(13)6-12(8)9/h4-6H,2-3,7,14H2,1H3. The smallest absolute Gasteiger partial charge is 0.123 e. The minimum Gasteiger partial charge on any atom is -0.327 e. The van der Waals surface area contributed by atoms with E-state index in [4.69, 9.17) is 5.73 Å². The molecule has 2 rings (SSSR count). The van der Waals surface area contributed by atoms with E-state index in [-0.39, 0.29) is 5.82 Å². The lowest BCUT2D eigenvalue weighted by atomic mass is 9.86. The first kappa shape index (κ1) is 9.41. The highest BCUT2D eigenvalue weighted by Gasteiger charge is 2.15. The Morgan fingerprint density at radius 2 is 2.14 bits per heavy atom. The van der Waals surface area contributed by atoms with E-state index in [2.05, 4.69) is 0 Å². The van der Waals surface area contributed by atoms with Gasteiger partial charge in [-0.05, 0) is 48.6 Å². The minimum absolute atomic E-state index is 0.165. The van der Waals surface area contributed by atoms with E-state index in [1.54, 1.807) is 6.07 Å². The minimum atomic E-state index is -0.165. The number of nitrogens with two attached hydrogens (primary N) is 1. The topological polar surface area (TPSA) is 26.0 Å². The molecule has 0 spiro atoms. The summed E-state index contributed by atoms with van der Waals surface area (Å²) in [5.41, 5.74) is 10.3. The van der Waals surface area contributed by atoms with Gasteiger partial charge in [-0.25, -0.2) is 4.39 Å². The molecular weight excluding hydrogens is 177 g/mol. The summed E-state index contributed by atoms with van der Waals surface area (Å²) in [4.78, 5) is 0. The summed E-state index contributed by atoms with van der Waals surface area (Å²) in [6, 6.07) is 5.01. The van der Waals surface area contributed by atoms with Crippen LogP contribution in [0.5, 0.6) is 0 Å². The van der Waals surface area contributed by atoms with E-state index in [0.717, 1.165) is 24.0 Å². The largest absolute Gasteiger partial charge is 0.327 e. The number of hydrogen-bond acceptors (Lipinski definition) is 1. The Hall–Kier alpha value is -1.15. The fourth-order valence-electron chi connectivity index (χ4n) is 2.03. The van der Waals surface area contributed by atoms with Gasteiger partial charge in [0, 0.05) is 6.54 Å². The van der Waals surface area contributed by atoms with Crippen LogP contribution in [0.2, 0.25) is 0 Å². The molecule has 0 unspecified atom stereocenters. The van der Waals surface area contributed by atoms with E-state index in [1.165, 1.54) is 17.2 Å². The van der Waals surface area contributed by atoms with Crippen LogP contribution in [0.3, 0.4) is 0 Å². The van der Waals surface area contributed by atoms with Crippen LogP contribution >= 0.6 is 0 Å². The predicted octanol–water partition coefficient (Wildman–Crippen LogP) is 2.50. The number of allylic oxidation sites excluding steroid dienone is 1. The van der Waals surface area contributed by atoms with Crippen molar-refractivity contribution in [3.63, 3.8) is 0 Å². The van der Waals surface area contributed by atoms with Crippen molar-refractivity contribution in [2.45, 2.75) is 19.8 Å². The summed E-state index contributed by atoms with van der Waals surface area (Å²) in [5, 5.41) is 0. The van der Waals surface area contributed by atoms with Gasteiger partial charge < -0.3 is 5.73 Å². The van der Waals surface area contributed by atoms with Crippen molar-refractivity contribution in [2.24, 2.45) is 5.73 Å². The molecule has 0 atom stereocenters. The molecule has 0 bridgehead atoms. The summed E-state index contributed by atoms with van der Waals surface area (Å²) in [7, 11) is 0. The summed E-state index contributed by atoms with van der Waals surface area (Å²) in [5.74, 6) is -0.165. The van der Waals surface area contributed by atoms with Gasteiger partial charge in [0.15, 0.2) is 0 Å². The van der Waals surface area contributed by atoms with Crippen LogP contribution < -0.4 is 5.73 Å². The zero-order chi connectivity index (χ0) is 10.1. The predicted molar refractivity (Wildman–Crippen MR) is 56.4 cm³/mol. The third-order valence-corrected chi connectivity index (χ3v) is 2.95. The van der Waals surface area contributed by atoms with E-state index in [1.807, 2.05) is 13.0 Å². The molecule has 1 aliphatic rings. The molecule has 0 heterocycles. The first-order chi connectivity index (χ1) is 6.72. The molecule has 2 heteroatoms. The fraction of sp³-hybridized carbons (Fsp3) is 0.333. The van der Waals surface area contributed by atoms with Crippen molar-refractivity contribution >= 4 is 5.57 Å². The molecule has 0 saturated heterocycles. The van der Waals surface area contributed by atoms with E-state index in [9.17, 15) is 4.39 Å². The highest BCUT2D eigenvalue weighted by Crippen LogP contribution is 2.30. The third-order valence-electron chi connectivity index (χ3n) is 2.95. The Balaban J connectivity index is 2.55. The van der Waals surface area contributed by atoms with Crippen molar-refractivity contribution in [2.75, 3.05) is 6.54 Å².